The zero-order chi connectivity index (χ0) is 11.3. The van der Waals surface area contributed by atoms with Gasteiger partial charge in [-0.1, -0.05) is 34.8 Å². The highest BCUT2D eigenvalue weighted by Crippen LogP contribution is 2.03. The first-order valence-corrected chi connectivity index (χ1v) is 4.26. The van der Waals surface area contributed by atoms with Gasteiger partial charge in [0, 0.05) is 0 Å². The van der Waals surface area contributed by atoms with Crippen molar-refractivity contribution in [2.24, 2.45) is 5.73 Å². The van der Waals surface area contributed by atoms with E-state index < -0.39 is 11.9 Å². The van der Waals surface area contributed by atoms with Gasteiger partial charge in [-0.25, -0.2) is 0 Å². The van der Waals surface area contributed by atoms with Crippen LogP contribution in [0.3, 0.4) is 0 Å². The van der Waals surface area contributed by atoms with Crippen LogP contribution in [0.4, 0.5) is 4.48 Å². The van der Waals surface area contributed by atoms with Gasteiger partial charge >= 0.3 is 0 Å². The minimum absolute atomic E-state index is 0. The second-order valence-corrected chi connectivity index (χ2v) is 2.89. The SMILES string of the molecule is Cl.N=C(N)NC(=N)N(F)Cc1ccccc1. The first kappa shape index (κ1) is 14.2. The number of guanidine groups is 2. The summed E-state index contributed by atoms with van der Waals surface area (Å²) in [6.45, 7) is -0.0556. The van der Waals surface area contributed by atoms with Crippen LogP contribution in [0.25, 0.3) is 0 Å². The maximum absolute atomic E-state index is 13.2. The molecule has 0 fully saturated rings. The van der Waals surface area contributed by atoms with Gasteiger partial charge in [0.2, 0.25) is 5.96 Å². The Morgan fingerprint density at radius 1 is 1.31 bits per heavy atom. The molecule has 88 valence electrons. The lowest BCUT2D eigenvalue weighted by atomic mass is 10.2. The highest BCUT2D eigenvalue weighted by molar-refractivity contribution is 5.94. The lowest BCUT2D eigenvalue weighted by Crippen LogP contribution is -2.42. The minimum Gasteiger partial charge on any atom is -0.370 e. The molecule has 0 aliphatic rings. The van der Waals surface area contributed by atoms with Crippen molar-refractivity contribution in [3.05, 3.63) is 35.9 Å². The van der Waals surface area contributed by atoms with E-state index >= 15 is 0 Å². The van der Waals surface area contributed by atoms with Crippen LogP contribution in [0.5, 0.6) is 0 Å². The van der Waals surface area contributed by atoms with E-state index in [4.69, 9.17) is 16.6 Å². The third-order valence-electron chi connectivity index (χ3n) is 1.66. The van der Waals surface area contributed by atoms with Crippen molar-refractivity contribution in [3.8, 4) is 0 Å². The van der Waals surface area contributed by atoms with Gasteiger partial charge in [0.25, 0.3) is 0 Å². The lowest BCUT2D eigenvalue weighted by Gasteiger charge is -2.14. The second kappa shape index (κ2) is 6.62. The van der Waals surface area contributed by atoms with Crippen LogP contribution in [0.15, 0.2) is 30.3 Å². The maximum atomic E-state index is 13.2. The predicted molar refractivity (Wildman–Crippen MR) is 63.1 cm³/mol. The second-order valence-electron chi connectivity index (χ2n) is 2.89. The van der Waals surface area contributed by atoms with Crippen molar-refractivity contribution in [3.63, 3.8) is 0 Å². The van der Waals surface area contributed by atoms with Crippen LogP contribution in [-0.2, 0) is 6.54 Å². The Morgan fingerprint density at radius 3 is 2.38 bits per heavy atom. The van der Waals surface area contributed by atoms with Gasteiger partial charge in [-0.2, -0.15) is 5.12 Å². The van der Waals surface area contributed by atoms with Crippen LogP contribution in [0, 0.1) is 10.8 Å². The van der Waals surface area contributed by atoms with Gasteiger partial charge in [0.15, 0.2) is 5.96 Å². The fourth-order valence-electron chi connectivity index (χ4n) is 1.01. The van der Waals surface area contributed by atoms with E-state index in [0.717, 1.165) is 5.56 Å². The minimum atomic E-state index is -0.550. The molecule has 0 aliphatic heterocycles. The van der Waals surface area contributed by atoms with Crippen molar-refractivity contribution in [2.45, 2.75) is 6.54 Å². The summed E-state index contributed by atoms with van der Waals surface area (Å²) < 4.78 is 13.2. The summed E-state index contributed by atoms with van der Waals surface area (Å²) >= 11 is 0. The van der Waals surface area contributed by atoms with Crippen molar-refractivity contribution in [1.29, 1.82) is 10.8 Å². The highest BCUT2D eigenvalue weighted by atomic mass is 35.5. The Labute approximate surface area is 98.8 Å². The van der Waals surface area contributed by atoms with Crippen molar-refractivity contribution < 1.29 is 4.48 Å². The van der Waals surface area contributed by atoms with Gasteiger partial charge in [0.1, 0.15) is 0 Å². The van der Waals surface area contributed by atoms with E-state index in [2.05, 4.69) is 5.32 Å². The van der Waals surface area contributed by atoms with Crippen molar-refractivity contribution >= 4 is 24.3 Å². The molecular formula is C9H13ClFN5. The summed E-state index contributed by atoms with van der Waals surface area (Å²) in [4.78, 5) is 0. The van der Waals surface area contributed by atoms with Gasteiger partial charge in [0.05, 0.1) is 6.54 Å². The molecule has 0 bridgehead atoms. The van der Waals surface area contributed by atoms with Gasteiger partial charge in [-0.05, 0) is 5.56 Å². The van der Waals surface area contributed by atoms with E-state index in [9.17, 15) is 4.48 Å². The molecule has 5 N–H and O–H groups in total. The van der Waals surface area contributed by atoms with Crippen LogP contribution in [0.2, 0.25) is 0 Å². The van der Waals surface area contributed by atoms with Crippen molar-refractivity contribution in [1.82, 2.24) is 10.4 Å². The number of hydrogen-bond acceptors (Lipinski definition) is 2. The molecular weight excluding hydrogens is 233 g/mol. The van der Waals surface area contributed by atoms with Crippen molar-refractivity contribution in [2.75, 3.05) is 0 Å². The number of nitrogens with one attached hydrogen (secondary N) is 3. The molecule has 16 heavy (non-hydrogen) atoms. The fraction of sp³-hybridized carbons (Fsp3) is 0.111. The fourth-order valence-corrected chi connectivity index (χ4v) is 1.01. The van der Waals surface area contributed by atoms with Crippen LogP contribution in [-0.4, -0.2) is 17.0 Å². The monoisotopic (exact) mass is 245 g/mol. The van der Waals surface area contributed by atoms with E-state index in [0.29, 0.717) is 0 Å². The highest BCUT2D eigenvalue weighted by Gasteiger charge is 2.09. The number of benzene rings is 1. The summed E-state index contributed by atoms with van der Waals surface area (Å²) in [5.74, 6) is -1.01. The molecule has 0 unspecified atom stereocenters. The summed E-state index contributed by atoms with van der Waals surface area (Å²) in [5.41, 5.74) is 5.69. The smallest absolute Gasteiger partial charge is 0.226 e. The van der Waals surface area contributed by atoms with Gasteiger partial charge in [-0.3, -0.25) is 16.1 Å². The zero-order valence-corrected chi connectivity index (χ0v) is 9.22. The summed E-state index contributed by atoms with van der Waals surface area (Å²) in [7, 11) is 0. The molecule has 1 aromatic carbocycles. The molecule has 0 saturated heterocycles. The third-order valence-corrected chi connectivity index (χ3v) is 1.66. The molecule has 1 rings (SSSR count). The average molecular weight is 246 g/mol. The maximum Gasteiger partial charge on any atom is 0.226 e. The topological polar surface area (TPSA) is 89.0 Å². The molecule has 0 atom stereocenters. The zero-order valence-electron chi connectivity index (χ0n) is 8.40. The van der Waals surface area contributed by atoms with Gasteiger partial charge < -0.3 is 5.73 Å². The molecule has 0 amide bonds. The molecule has 0 radical (unpaired) electrons. The molecule has 5 nitrogen and oxygen atoms in total. The third kappa shape index (κ3) is 4.61. The summed E-state index contributed by atoms with van der Waals surface area (Å²) in [6, 6.07) is 8.88. The van der Waals surface area contributed by atoms with Gasteiger partial charge in [-0.15, -0.1) is 12.4 Å². The Morgan fingerprint density at radius 2 is 1.88 bits per heavy atom. The van der Waals surface area contributed by atoms with Crippen LogP contribution >= 0.6 is 12.4 Å². The predicted octanol–water partition coefficient (Wildman–Crippen LogP) is 1.21. The molecule has 0 aromatic heterocycles. The Bertz CT molecular complexity index is 356. The number of rotatable bonds is 2. The molecule has 7 heteroatoms. The van der Waals surface area contributed by atoms with Crippen LogP contribution < -0.4 is 11.1 Å². The summed E-state index contributed by atoms with van der Waals surface area (Å²) in [5, 5.41) is 16.3. The number of nitrogens with zero attached hydrogens (tertiary/aromatic N) is 1. The normalized spacial score (nSPS) is 8.81. The number of nitrogens with two attached hydrogens (primary N) is 1. The first-order chi connectivity index (χ1) is 7.09. The van der Waals surface area contributed by atoms with Crippen LogP contribution in [0.1, 0.15) is 5.56 Å². The molecule has 0 saturated carbocycles. The van der Waals surface area contributed by atoms with E-state index in [1.165, 1.54) is 0 Å². The Hall–Kier alpha value is -1.82. The van der Waals surface area contributed by atoms with E-state index in [1.807, 2.05) is 6.07 Å². The first-order valence-electron chi connectivity index (χ1n) is 4.26. The quantitative estimate of drug-likeness (QED) is 0.359. The number of halogens is 2. The molecule has 0 heterocycles. The number of hydrogen-bond donors (Lipinski definition) is 4. The molecule has 1 aromatic rings. The lowest BCUT2D eigenvalue weighted by molar-refractivity contribution is 0.106. The largest absolute Gasteiger partial charge is 0.370 e. The Kier molecular flexibility index (Phi) is 5.87. The summed E-state index contributed by atoms with van der Waals surface area (Å²) in [6.07, 6.45) is 0. The molecule has 0 aliphatic carbocycles. The Balaban J connectivity index is 0.00000225. The van der Waals surface area contributed by atoms with E-state index in [-0.39, 0.29) is 24.1 Å². The van der Waals surface area contributed by atoms with E-state index in [1.54, 1.807) is 24.3 Å². The standard InChI is InChI=1S/C9H12FN5.ClH/c10-15(9(13)14-8(11)12)6-7-4-2-1-3-5-7;/h1-5H,6H2,(H5,11,12,13,14);1H. The molecule has 0 spiro atoms. The average Bonchev–Trinajstić information content (AvgIpc) is 2.18.